The molecule has 0 amide bonds. The van der Waals surface area contributed by atoms with Crippen molar-refractivity contribution in [2.24, 2.45) is 0 Å². The van der Waals surface area contributed by atoms with Gasteiger partial charge in [0.05, 0.1) is 11.2 Å². The molecule has 0 saturated carbocycles. The first-order valence-corrected chi connectivity index (χ1v) is 7.66. The predicted molar refractivity (Wildman–Crippen MR) is 94.4 cm³/mol. The fourth-order valence-electron chi connectivity index (χ4n) is 2.98. The number of aryl methyl sites for hydroxylation is 1. The highest BCUT2D eigenvalue weighted by Gasteiger charge is 2.11. The molecule has 22 heavy (non-hydrogen) atoms. The topological polar surface area (TPSA) is 12.9 Å². The number of benzene rings is 3. The molecule has 3 aromatic carbocycles. The highest BCUT2D eigenvalue weighted by molar-refractivity contribution is 6.31. The van der Waals surface area contributed by atoms with Crippen LogP contribution in [0.2, 0.25) is 5.02 Å². The van der Waals surface area contributed by atoms with Crippen molar-refractivity contribution < 1.29 is 0 Å². The van der Waals surface area contributed by atoms with Gasteiger partial charge >= 0.3 is 0 Å². The summed E-state index contributed by atoms with van der Waals surface area (Å²) in [5.74, 6) is 0. The first-order chi connectivity index (χ1) is 10.7. The zero-order chi connectivity index (χ0) is 15.1. The van der Waals surface area contributed by atoms with E-state index in [-0.39, 0.29) is 0 Å². The van der Waals surface area contributed by atoms with Gasteiger partial charge in [-0.15, -0.1) is 0 Å². The van der Waals surface area contributed by atoms with Crippen LogP contribution in [0, 0.1) is 6.92 Å². The van der Waals surface area contributed by atoms with E-state index in [0.717, 1.165) is 27.2 Å². The summed E-state index contributed by atoms with van der Waals surface area (Å²) in [5, 5.41) is 4.31. The van der Waals surface area contributed by atoms with E-state index in [1.165, 1.54) is 16.3 Å². The van der Waals surface area contributed by atoms with Crippen LogP contribution in [-0.4, -0.2) is 4.98 Å². The fraction of sp³-hybridized carbons (Fsp3) is 0.0500. The van der Waals surface area contributed by atoms with Gasteiger partial charge in [0.2, 0.25) is 0 Å². The van der Waals surface area contributed by atoms with E-state index < -0.39 is 0 Å². The van der Waals surface area contributed by atoms with Crippen LogP contribution in [-0.2, 0) is 0 Å². The number of hydrogen-bond donors (Lipinski definition) is 0. The molecule has 1 aromatic heterocycles. The molecule has 0 aliphatic carbocycles. The Balaban J connectivity index is 2.19. The van der Waals surface area contributed by atoms with Crippen LogP contribution < -0.4 is 0 Å². The first kappa shape index (κ1) is 13.3. The summed E-state index contributed by atoms with van der Waals surface area (Å²) in [6.45, 7) is 2.10. The van der Waals surface area contributed by atoms with E-state index in [9.17, 15) is 0 Å². The maximum absolute atomic E-state index is 6.17. The third-order valence-electron chi connectivity index (χ3n) is 4.03. The molecule has 0 radical (unpaired) electrons. The molecule has 0 saturated heterocycles. The summed E-state index contributed by atoms with van der Waals surface area (Å²) in [7, 11) is 0. The fourth-order valence-corrected chi connectivity index (χ4v) is 3.17. The summed E-state index contributed by atoms with van der Waals surface area (Å²) in [6.07, 6.45) is 0. The molecule has 0 fully saturated rings. The molecule has 0 aliphatic rings. The quantitative estimate of drug-likeness (QED) is 0.392. The Morgan fingerprint density at radius 2 is 1.50 bits per heavy atom. The SMILES string of the molecule is Cc1cccc2c1nc(-c1cccc(Cl)c1)c1ccccc12. The Labute approximate surface area is 134 Å². The van der Waals surface area contributed by atoms with Crippen molar-refractivity contribution in [3.8, 4) is 11.3 Å². The second-order valence-corrected chi connectivity index (χ2v) is 5.92. The average Bonchev–Trinajstić information content (AvgIpc) is 2.54. The molecule has 1 nitrogen and oxygen atoms in total. The van der Waals surface area contributed by atoms with Crippen LogP contribution in [0.15, 0.2) is 66.7 Å². The Kier molecular flexibility index (Phi) is 3.09. The maximum atomic E-state index is 6.17. The zero-order valence-corrected chi connectivity index (χ0v) is 12.9. The van der Waals surface area contributed by atoms with Crippen molar-refractivity contribution in [2.45, 2.75) is 6.92 Å². The highest BCUT2D eigenvalue weighted by atomic mass is 35.5. The molecule has 1 heterocycles. The summed E-state index contributed by atoms with van der Waals surface area (Å²) in [4.78, 5) is 4.96. The van der Waals surface area contributed by atoms with E-state index in [2.05, 4.69) is 55.5 Å². The molecule has 0 aliphatic heterocycles. The van der Waals surface area contributed by atoms with Gasteiger partial charge in [-0.05, 0) is 30.0 Å². The van der Waals surface area contributed by atoms with E-state index in [0.29, 0.717) is 0 Å². The van der Waals surface area contributed by atoms with Crippen LogP contribution >= 0.6 is 11.6 Å². The Hall–Kier alpha value is -2.38. The minimum absolute atomic E-state index is 0.730. The number of hydrogen-bond acceptors (Lipinski definition) is 1. The van der Waals surface area contributed by atoms with E-state index in [4.69, 9.17) is 16.6 Å². The van der Waals surface area contributed by atoms with Crippen molar-refractivity contribution >= 4 is 33.3 Å². The van der Waals surface area contributed by atoms with Gasteiger partial charge in [-0.25, -0.2) is 4.98 Å². The maximum Gasteiger partial charge on any atom is 0.0788 e. The molecule has 0 N–H and O–H groups in total. The number of pyridine rings is 1. The van der Waals surface area contributed by atoms with Crippen molar-refractivity contribution in [3.63, 3.8) is 0 Å². The van der Waals surface area contributed by atoms with Gasteiger partial charge in [-0.1, -0.05) is 66.2 Å². The summed E-state index contributed by atoms with van der Waals surface area (Å²) in [5.41, 5.74) is 4.27. The van der Waals surface area contributed by atoms with Crippen molar-refractivity contribution in [3.05, 3.63) is 77.3 Å². The van der Waals surface area contributed by atoms with Crippen LogP contribution in [0.1, 0.15) is 5.56 Å². The molecule has 0 unspecified atom stereocenters. The van der Waals surface area contributed by atoms with Crippen molar-refractivity contribution in [2.75, 3.05) is 0 Å². The molecule has 0 bridgehead atoms. The standard InChI is InChI=1S/C20H14ClN/c1-13-6-4-11-17-16-9-2-3-10-18(16)20(22-19(13)17)14-7-5-8-15(21)12-14/h2-12H,1H3. The number of halogens is 1. The van der Waals surface area contributed by atoms with Gasteiger partial charge < -0.3 is 0 Å². The van der Waals surface area contributed by atoms with Crippen LogP contribution in [0.5, 0.6) is 0 Å². The third kappa shape index (κ3) is 2.06. The monoisotopic (exact) mass is 303 g/mol. The van der Waals surface area contributed by atoms with Crippen LogP contribution in [0.4, 0.5) is 0 Å². The Bertz CT molecular complexity index is 1000. The molecule has 0 spiro atoms. The second kappa shape index (κ2) is 5.11. The first-order valence-electron chi connectivity index (χ1n) is 7.28. The van der Waals surface area contributed by atoms with Crippen molar-refractivity contribution in [1.82, 2.24) is 4.98 Å². The van der Waals surface area contributed by atoms with Gasteiger partial charge in [-0.2, -0.15) is 0 Å². The Morgan fingerprint density at radius 1 is 0.773 bits per heavy atom. The number of para-hydroxylation sites is 1. The van der Waals surface area contributed by atoms with Crippen LogP contribution in [0.25, 0.3) is 32.9 Å². The van der Waals surface area contributed by atoms with Crippen molar-refractivity contribution in [1.29, 1.82) is 0 Å². The van der Waals surface area contributed by atoms with E-state index in [1.54, 1.807) is 0 Å². The van der Waals surface area contributed by atoms with Gasteiger partial charge in [0.25, 0.3) is 0 Å². The Morgan fingerprint density at radius 3 is 2.32 bits per heavy atom. The molecular formula is C20H14ClN. The second-order valence-electron chi connectivity index (χ2n) is 5.49. The predicted octanol–water partition coefficient (Wildman–Crippen LogP) is 6.02. The lowest BCUT2D eigenvalue weighted by molar-refractivity contribution is 1.38. The summed E-state index contributed by atoms with van der Waals surface area (Å²) >= 11 is 6.17. The third-order valence-corrected chi connectivity index (χ3v) is 4.27. The zero-order valence-electron chi connectivity index (χ0n) is 12.2. The van der Waals surface area contributed by atoms with E-state index >= 15 is 0 Å². The molecule has 0 atom stereocenters. The van der Waals surface area contributed by atoms with Gasteiger partial charge in [0, 0.05) is 21.4 Å². The average molecular weight is 304 g/mol. The molecule has 106 valence electrons. The number of nitrogens with zero attached hydrogens (tertiary/aromatic N) is 1. The molecule has 4 aromatic rings. The van der Waals surface area contributed by atoms with Gasteiger partial charge in [-0.3, -0.25) is 0 Å². The minimum atomic E-state index is 0.730. The number of aromatic nitrogens is 1. The highest BCUT2D eigenvalue weighted by Crippen LogP contribution is 2.33. The van der Waals surface area contributed by atoms with Crippen LogP contribution in [0.3, 0.4) is 0 Å². The largest absolute Gasteiger partial charge is 0.247 e. The van der Waals surface area contributed by atoms with E-state index in [1.807, 2.05) is 18.2 Å². The number of rotatable bonds is 1. The lowest BCUT2D eigenvalue weighted by Gasteiger charge is -2.11. The normalized spacial score (nSPS) is 11.2. The lowest BCUT2D eigenvalue weighted by Crippen LogP contribution is -1.91. The molecule has 2 heteroatoms. The lowest BCUT2D eigenvalue weighted by atomic mass is 9.99. The number of fused-ring (bicyclic) bond motifs is 3. The smallest absolute Gasteiger partial charge is 0.0788 e. The summed E-state index contributed by atoms with van der Waals surface area (Å²) in [6, 6.07) is 22.6. The minimum Gasteiger partial charge on any atom is -0.247 e. The molecule has 4 rings (SSSR count). The van der Waals surface area contributed by atoms with Gasteiger partial charge in [0.1, 0.15) is 0 Å². The summed E-state index contributed by atoms with van der Waals surface area (Å²) < 4.78 is 0. The molecular weight excluding hydrogens is 290 g/mol. The van der Waals surface area contributed by atoms with Gasteiger partial charge in [0.15, 0.2) is 0 Å².